The van der Waals surface area contributed by atoms with Crippen molar-refractivity contribution in [1.82, 2.24) is 5.43 Å². The maximum atomic E-state index is 12.3. The second-order valence-corrected chi connectivity index (χ2v) is 5.63. The lowest BCUT2D eigenvalue weighted by Gasteiger charge is -2.09. The van der Waals surface area contributed by atoms with Crippen LogP contribution in [0.2, 0.25) is 0 Å². The monoisotopic (exact) mass is 388 g/mol. The van der Waals surface area contributed by atoms with Gasteiger partial charge in [0.25, 0.3) is 5.91 Å². The van der Waals surface area contributed by atoms with Crippen LogP contribution >= 0.6 is 15.9 Å². The predicted molar refractivity (Wildman–Crippen MR) is 97.9 cm³/mol. The third-order valence-corrected chi connectivity index (χ3v) is 3.53. The van der Waals surface area contributed by atoms with E-state index in [9.17, 15) is 4.79 Å². The van der Waals surface area contributed by atoms with Crippen LogP contribution in [-0.2, 0) is 0 Å². The summed E-state index contributed by atoms with van der Waals surface area (Å²) in [5.41, 5.74) is 3.72. The van der Waals surface area contributed by atoms with E-state index in [2.05, 4.69) is 33.0 Å². The fourth-order valence-electron chi connectivity index (χ4n) is 1.87. The third-order valence-electron chi connectivity index (χ3n) is 3.04. The highest BCUT2D eigenvalue weighted by Crippen LogP contribution is 2.23. The molecule has 0 radical (unpaired) electrons. The van der Waals surface area contributed by atoms with E-state index in [-0.39, 0.29) is 5.91 Å². The van der Waals surface area contributed by atoms with Crippen molar-refractivity contribution in [3.8, 4) is 11.5 Å². The average molecular weight is 389 g/mol. The van der Waals surface area contributed by atoms with E-state index in [1.54, 1.807) is 37.6 Å². The minimum absolute atomic E-state index is 0.316. The Morgan fingerprint density at radius 1 is 1.29 bits per heavy atom. The van der Waals surface area contributed by atoms with Gasteiger partial charge in [0.2, 0.25) is 0 Å². The normalized spacial score (nSPS) is 10.4. The van der Waals surface area contributed by atoms with E-state index >= 15 is 0 Å². The molecule has 2 aromatic carbocycles. The first-order chi connectivity index (χ1) is 11.6. The third kappa shape index (κ3) is 4.96. The van der Waals surface area contributed by atoms with Crippen LogP contribution in [0.15, 0.2) is 64.7 Å². The zero-order valence-electron chi connectivity index (χ0n) is 13.2. The molecule has 6 heteroatoms. The fourth-order valence-corrected chi connectivity index (χ4v) is 2.23. The molecule has 1 N–H and O–H groups in total. The van der Waals surface area contributed by atoms with Gasteiger partial charge in [-0.2, -0.15) is 5.10 Å². The molecule has 124 valence electrons. The van der Waals surface area contributed by atoms with Gasteiger partial charge in [-0.1, -0.05) is 28.6 Å². The number of halogens is 1. The van der Waals surface area contributed by atoms with E-state index in [1.165, 1.54) is 0 Å². The van der Waals surface area contributed by atoms with Gasteiger partial charge in [0.1, 0.15) is 18.1 Å². The van der Waals surface area contributed by atoms with Gasteiger partial charge >= 0.3 is 0 Å². The number of hydrogen-bond donors (Lipinski definition) is 1. The number of hydrogen-bond acceptors (Lipinski definition) is 4. The zero-order valence-corrected chi connectivity index (χ0v) is 14.7. The highest BCUT2D eigenvalue weighted by molar-refractivity contribution is 9.10. The minimum Gasteiger partial charge on any atom is -0.497 e. The summed E-state index contributed by atoms with van der Waals surface area (Å²) in [6.45, 7) is 3.91. The summed E-state index contributed by atoms with van der Waals surface area (Å²) in [6, 6.07) is 12.5. The molecule has 0 bridgehead atoms. The largest absolute Gasteiger partial charge is 0.497 e. The van der Waals surface area contributed by atoms with Crippen molar-refractivity contribution < 1.29 is 14.3 Å². The molecule has 0 aliphatic carbocycles. The van der Waals surface area contributed by atoms with Gasteiger partial charge in [0, 0.05) is 4.47 Å². The summed E-state index contributed by atoms with van der Waals surface area (Å²) in [4.78, 5) is 12.3. The van der Waals surface area contributed by atoms with Crippen LogP contribution in [0.25, 0.3) is 0 Å². The Kier molecular flexibility index (Phi) is 6.57. The van der Waals surface area contributed by atoms with Gasteiger partial charge in [-0.15, -0.1) is 0 Å². The van der Waals surface area contributed by atoms with Crippen molar-refractivity contribution in [2.45, 2.75) is 0 Å². The number of methoxy groups -OCH3 is 1. The summed E-state index contributed by atoms with van der Waals surface area (Å²) in [7, 11) is 1.60. The van der Waals surface area contributed by atoms with Gasteiger partial charge in [-0.25, -0.2) is 5.43 Å². The Bertz CT molecular complexity index is 742. The molecule has 0 saturated carbocycles. The molecule has 0 aliphatic heterocycles. The Balaban J connectivity index is 2.06. The second kappa shape index (κ2) is 8.88. The second-order valence-electron chi connectivity index (χ2n) is 4.71. The van der Waals surface area contributed by atoms with Gasteiger partial charge in [0.15, 0.2) is 0 Å². The molecular weight excluding hydrogens is 372 g/mol. The Morgan fingerprint density at radius 3 is 2.71 bits per heavy atom. The highest BCUT2D eigenvalue weighted by atomic mass is 79.9. The minimum atomic E-state index is -0.361. The summed E-state index contributed by atoms with van der Waals surface area (Å²) >= 11 is 3.35. The molecule has 2 aromatic rings. The van der Waals surface area contributed by atoms with Crippen molar-refractivity contribution in [3.63, 3.8) is 0 Å². The molecule has 1 amide bonds. The van der Waals surface area contributed by atoms with Crippen LogP contribution in [0.3, 0.4) is 0 Å². The summed E-state index contributed by atoms with van der Waals surface area (Å²) in [5.74, 6) is 0.865. The van der Waals surface area contributed by atoms with Crippen LogP contribution in [-0.4, -0.2) is 25.8 Å². The van der Waals surface area contributed by atoms with Crippen molar-refractivity contribution in [3.05, 3.63) is 70.7 Å². The lowest BCUT2D eigenvalue weighted by Crippen LogP contribution is -2.18. The molecule has 5 nitrogen and oxygen atoms in total. The number of ether oxygens (including phenoxy) is 2. The highest BCUT2D eigenvalue weighted by Gasteiger charge is 2.12. The first-order valence-electron chi connectivity index (χ1n) is 7.14. The molecule has 0 fully saturated rings. The average Bonchev–Trinajstić information content (AvgIpc) is 2.61. The molecule has 0 heterocycles. The Labute approximate surface area is 149 Å². The van der Waals surface area contributed by atoms with Crippen LogP contribution in [0, 0.1) is 0 Å². The summed E-state index contributed by atoms with van der Waals surface area (Å²) < 4.78 is 11.3. The summed E-state index contributed by atoms with van der Waals surface area (Å²) in [5, 5.41) is 3.97. The number of nitrogens with one attached hydrogen (secondary N) is 1. The molecule has 0 aromatic heterocycles. The maximum absolute atomic E-state index is 12.3. The molecule has 0 unspecified atom stereocenters. The van der Waals surface area contributed by atoms with Crippen LogP contribution in [0.5, 0.6) is 11.5 Å². The first-order valence-corrected chi connectivity index (χ1v) is 7.94. The quantitative estimate of drug-likeness (QED) is 0.445. The van der Waals surface area contributed by atoms with Gasteiger partial charge < -0.3 is 9.47 Å². The fraction of sp³-hybridized carbons (Fsp3) is 0.111. The lowest BCUT2D eigenvalue weighted by atomic mass is 10.2. The smallest absolute Gasteiger partial charge is 0.275 e. The standard InChI is InChI=1S/C18H17BrN2O3/c1-3-10-24-17-9-6-14(19)11-16(17)18(22)21-20-12-13-4-7-15(23-2)8-5-13/h3-9,11-12H,1,10H2,2H3,(H,21,22)/b20-12+. The number of carbonyl (C=O) groups excluding carboxylic acids is 1. The molecule has 0 atom stereocenters. The van der Waals surface area contributed by atoms with E-state index in [4.69, 9.17) is 9.47 Å². The number of rotatable bonds is 7. The van der Waals surface area contributed by atoms with E-state index in [0.717, 1.165) is 15.8 Å². The van der Waals surface area contributed by atoms with Gasteiger partial charge in [0.05, 0.1) is 18.9 Å². The van der Waals surface area contributed by atoms with Crippen molar-refractivity contribution in [1.29, 1.82) is 0 Å². The van der Waals surface area contributed by atoms with Gasteiger partial charge in [-0.3, -0.25) is 4.79 Å². The Morgan fingerprint density at radius 2 is 2.04 bits per heavy atom. The molecule has 0 saturated heterocycles. The van der Waals surface area contributed by atoms with E-state index in [1.807, 2.05) is 24.3 Å². The topological polar surface area (TPSA) is 59.9 Å². The Hall–Kier alpha value is -2.60. The molecule has 0 spiro atoms. The van der Waals surface area contributed by atoms with Crippen molar-refractivity contribution in [2.75, 3.05) is 13.7 Å². The summed E-state index contributed by atoms with van der Waals surface area (Å²) in [6.07, 6.45) is 3.17. The van der Waals surface area contributed by atoms with Crippen molar-refractivity contribution >= 4 is 28.1 Å². The SMILES string of the molecule is C=CCOc1ccc(Br)cc1C(=O)N/N=C/c1ccc(OC)cc1. The molecular formula is C18H17BrN2O3. The molecule has 2 rings (SSSR count). The van der Waals surface area contributed by atoms with Crippen molar-refractivity contribution in [2.24, 2.45) is 5.10 Å². The first kappa shape index (κ1) is 17.7. The number of amides is 1. The lowest BCUT2D eigenvalue weighted by molar-refractivity contribution is 0.0951. The number of carbonyl (C=O) groups is 1. The number of hydrazone groups is 1. The van der Waals surface area contributed by atoms with Gasteiger partial charge in [-0.05, 0) is 48.0 Å². The zero-order chi connectivity index (χ0) is 17.4. The number of nitrogens with zero attached hydrogens (tertiary/aromatic N) is 1. The predicted octanol–water partition coefficient (Wildman–Crippen LogP) is 3.79. The maximum Gasteiger partial charge on any atom is 0.275 e. The van der Waals surface area contributed by atoms with Crippen LogP contribution in [0.1, 0.15) is 15.9 Å². The number of benzene rings is 2. The van der Waals surface area contributed by atoms with Crippen LogP contribution in [0.4, 0.5) is 0 Å². The van der Waals surface area contributed by atoms with E-state index in [0.29, 0.717) is 17.9 Å². The van der Waals surface area contributed by atoms with Crippen LogP contribution < -0.4 is 14.9 Å². The van der Waals surface area contributed by atoms with E-state index < -0.39 is 0 Å². The molecule has 0 aliphatic rings. The molecule has 24 heavy (non-hydrogen) atoms.